The van der Waals surface area contributed by atoms with Gasteiger partial charge in [0.05, 0.1) is 0 Å². The Bertz CT molecular complexity index is 340. The van der Waals surface area contributed by atoms with Crippen molar-refractivity contribution in [1.82, 2.24) is 4.90 Å². The predicted octanol–water partition coefficient (Wildman–Crippen LogP) is 2.87. The van der Waals surface area contributed by atoms with E-state index in [4.69, 9.17) is 0 Å². The van der Waals surface area contributed by atoms with Gasteiger partial charge in [-0.3, -0.25) is 4.90 Å². The highest BCUT2D eigenvalue weighted by Gasteiger charge is 2.22. The maximum Gasteiger partial charge on any atom is 0.120 e. The van der Waals surface area contributed by atoms with E-state index in [1.54, 1.807) is 6.07 Å². The van der Waals surface area contributed by atoms with E-state index in [1.165, 1.54) is 6.42 Å². The van der Waals surface area contributed by atoms with Crippen molar-refractivity contribution in [1.29, 1.82) is 0 Å². The fourth-order valence-electron chi connectivity index (χ4n) is 2.81. The van der Waals surface area contributed by atoms with Crippen LogP contribution < -0.4 is 0 Å². The lowest BCUT2D eigenvalue weighted by molar-refractivity contribution is 0.133. The van der Waals surface area contributed by atoms with E-state index in [1.807, 2.05) is 18.2 Å². The van der Waals surface area contributed by atoms with Gasteiger partial charge in [0, 0.05) is 25.2 Å². The van der Waals surface area contributed by atoms with Crippen LogP contribution in [-0.4, -0.2) is 23.1 Å². The fraction of sp³-hybridized carbons (Fsp3) is 0.571. The molecule has 0 aromatic heterocycles. The first-order valence-electron chi connectivity index (χ1n) is 6.14. The summed E-state index contributed by atoms with van der Waals surface area (Å²) in [7, 11) is 0. The molecule has 2 heteroatoms. The van der Waals surface area contributed by atoms with Gasteiger partial charge < -0.3 is 5.11 Å². The minimum atomic E-state index is 0.424. The van der Waals surface area contributed by atoms with Crippen LogP contribution >= 0.6 is 0 Å². The number of benzene rings is 1. The Morgan fingerprint density at radius 3 is 2.44 bits per heavy atom. The fourth-order valence-corrected chi connectivity index (χ4v) is 2.81. The second-order valence-electron chi connectivity index (χ2n) is 5.27. The standard InChI is InChI=1S/C14H21NO/c1-11-7-12(2)9-15(8-11)10-13-5-3-4-6-14(13)16/h3-6,11-12,16H,7-10H2,1-2H3. The maximum absolute atomic E-state index is 9.75. The molecule has 0 amide bonds. The summed E-state index contributed by atoms with van der Waals surface area (Å²) in [4.78, 5) is 2.45. The number of para-hydroxylation sites is 1. The average Bonchev–Trinajstić information content (AvgIpc) is 2.20. The third kappa shape index (κ3) is 2.76. The van der Waals surface area contributed by atoms with E-state index in [0.29, 0.717) is 5.75 Å². The highest BCUT2D eigenvalue weighted by Crippen LogP contribution is 2.24. The van der Waals surface area contributed by atoms with E-state index >= 15 is 0 Å². The highest BCUT2D eigenvalue weighted by atomic mass is 16.3. The first kappa shape index (κ1) is 11.5. The van der Waals surface area contributed by atoms with E-state index < -0.39 is 0 Å². The molecule has 1 heterocycles. The van der Waals surface area contributed by atoms with Crippen LogP contribution in [0.25, 0.3) is 0 Å². The molecule has 1 fully saturated rings. The summed E-state index contributed by atoms with van der Waals surface area (Å²) < 4.78 is 0. The van der Waals surface area contributed by atoms with Crippen molar-refractivity contribution in [3.8, 4) is 5.75 Å². The molecule has 0 bridgehead atoms. The smallest absolute Gasteiger partial charge is 0.120 e. The van der Waals surface area contributed by atoms with Crippen LogP contribution in [0.2, 0.25) is 0 Å². The molecule has 0 spiro atoms. The summed E-state index contributed by atoms with van der Waals surface area (Å²) in [5.74, 6) is 1.97. The number of rotatable bonds is 2. The number of aromatic hydroxyl groups is 1. The van der Waals surface area contributed by atoms with Gasteiger partial charge in [-0.05, 0) is 24.3 Å². The van der Waals surface area contributed by atoms with E-state index in [-0.39, 0.29) is 0 Å². The SMILES string of the molecule is CC1CC(C)CN(Cc2ccccc2O)C1. The monoisotopic (exact) mass is 219 g/mol. The van der Waals surface area contributed by atoms with Crippen LogP contribution in [0.1, 0.15) is 25.8 Å². The normalized spacial score (nSPS) is 26.9. The van der Waals surface area contributed by atoms with Crippen molar-refractivity contribution < 1.29 is 5.11 Å². The van der Waals surface area contributed by atoms with Crippen LogP contribution in [0.3, 0.4) is 0 Å². The Hall–Kier alpha value is -1.02. The Kier molecular flexibility index (Phi) is 3.49. The highest BCUT2D eigenvalue weighted by molar-refractivity contribution is 5.31. The van der Waals surface area contributed by atoms with Crippen LogP contribution in [0.15, 0.2) is 24.3 Å². The summed E-state index contributed by atoms with van der Waals surface area (Å²) in [6.45, 7) is 7.81. The molecule has 1 N–H and O–H groups in total. The molecule has 2 atom stereocenters. The Balaban J connectivity index is 2.02. The third-order valence-corrected chi connectivity index (χ3v) is 3.33. The zero-order valence-corrected chi connectivity index (χ0v) is 10.2. The second-order valence-corrected chi connectivity index (χ2v) is 5.27. The van der Waals surface area contributed by atoms with Gasteiger partial charge in [-0.2, -0.15) is 0 Å². The number of likely N-dealkylation sites (tertiary alicyclic amines) is 1. The molecule has 0 radical (unpaired) electrons. The molecular weight excluding hydrogens is 198 g/mol. The van der Waals surface area contributed by atoms with E-state index in [0.717, 1.165) is 37.0 Å². The zero-order valence-electron chi connectivity index (χ0n) is 10.2. The lowest BCUT2D eigenvalue weighted by Gasteiger charge is -2.35. The Morgan fingerprint density at radius 2 is 1.81 bits per heavy atom. The first-order valence-corrected chi connectivity index (χ1v) is 6.14. The van der Waals surface area contributed by atoms with Gasteiger partial charge in [0.1, 0.15) is 5.75 Å². The topological polar surface area (TPSA) is 23.5 Å². The summed E-state index contributed by atoms with van der Waals surface area (Å²) >= 11 is 0. The first-order chi connectivity index (χ1) is 7.65. The number of hydrogen-bond acceptors (Lipinski definition) is 2. The van der Waals surface area contributed by atoms with Crippen molar-refractivity contribution in [3.63, 3.8) is 0 Å². The molecule has 2 rings (SSSR count). The van der Waals surface area contributed by atoms with E-state index in [9.17, 15) is 5.11 Å². The number of phenols is 1. The van der Waals surface area contributed by atoms with Gasteiger partial charge >= 0.3 is 0 Å². The molecule has 1 aliphatic heterocycles. The van der Waals surface area contributed by atoms with Crippen molar-refractivity contribution in [2.24, 2.45) is 11.8 Å². The zero-order chi connectivity index (χ0) is 11.5. The third-order valence-electron chi connectivity index (χ3n) is 3.33. The number of nitrogens with zero attached hydrogens (tertiary/aromatic N) is 1. The minimum Gasteiger partial charge on any atom is -0.508 e. The lowest BCUT2D eigenvalue weighted by atomic mass is 9.91. The van der Waals surface area contributed by atoms with Gasteiger partial charge in [-0.25, -0.2) is 0 Å². The summed E-state index contributed by atoms with van der Waals surface area (Å²) in [5, 5.41) is 9.75. The molecule has 1 aromatic rings. The number of phenolic OH excluding ortho intramolecular Hbond substituents is 1. The molecule has 16 heavy (non-hydrogen) atoms. The van der Waals surface area contributed by atoms with Crippen molar-refractivity contribution >= 4 is 0 Å². The van der Waals surface area contributed by atoms with Gasteiger partial charge in [0.25, 0.3) is 0 Å². The largest absolute Gasteiger partial charge is 0.508 e. The summed E-state index contributed by atoms with van der Waals surface area (Å²) in [6, 6.07) is 7.65. The number of hydrogen-bond donors (Lipinski definition) is 1. The average molecular weight is 219 g/mol. The maximum atomic E-state index is 9.75. The van der Waals surface area contributed by atoms with Crippen LogP contribution in [0, 0.1) is 11.8 Å². The van der Waals surface area contributed by atoms with Crippen molar-refractivity contribution in [2.75, 3.05) is 13.1 Å². The molecule has 2 unspecified atom stereocenters. The molecule has 88 valence electrons. The van der Waals surface area contributed by atoms with Crippen LogP contribution in [0.4, 0.5) is 0 Å². The lowest BCUT2D eigenvalue weighted by Crippen LogP contribution is -2.38. The molecule has 1 aliphatic rings. The Morgan fingerprint density at radius 1 is 1.19 bits per heavy atom. The second kappa shape index (κ2) is 4.88. The summed E-state index contributed by atoms with van der Waals surface area (Å²) in [5.41, 5.74) is 1.05. The molecular formula is C14H21NO. The van der Waals surface area contributed by atoms with Crippen LogP contribution in [0.5, 0.6) is 5.75 Å². The predicted molar refractivity (Wildman–Crippen MR) is 66.3 cm³/mol. The molecule has 2 nitrogen and oxygen atoms in total. The number of piperidine rings is 1. The van der Waals surface area contributed by atoms with Gasteiger partial charge in [0.2, 0.25) is 0 Å². The van der Waals surface area contributed by atoms with Gasteiger partial charge in [-0.1, -0.05) is 32.0 Å². The Labute approximate surface area is 97.9 Å². The molecule has 1 aromatic carbocycles. The summed E-state index contributed by atoms with van der Waals surface area (Å²) in [6.07, 6.45) is 1.33. The quantitative estimate of drug-likeness (QED) is 0.826. The van der Waals surface area contributed by atoms with E-state index in [2.05, 4.69) is 18.7 Å². The van der Waals surface area contributed by atoms with Gasteiger partial charge in [0.15, 0.2) is 0 Å². The molecule has 0 aliphatic carbocycles. The van der Waals surface area contributed by atoms with Crippen molar-refractivity contribution in [3.05, 3.63) is 29.8 Å². The van der Waals surface area contributed by atoms with Gasteiger partial charge in [-0.15, -0.1) is 0 Å². The van der Waals surface area contributed by atoms with Crippen molar-refractivity contribution in [2.45, 2.75) is 26.8 Å². The molecule has 1 saturated heterocycles. The van der Waals surface area contributed by atoms with Crippen LogP contribution in [-0.2, 0) is 6.54 Å². The minimum absolute atomic E-state index is 0.424. The molecule has 0 saturated carbocycles.